The molecule has 5 heteroatoms. The van der Waals surface area contributed by atoms with E-state index in [1.165, 1.54) is 0 Å². The first-order valence-electron chi connectivity index (χ1n) is 7.72. The number of piperazine rings is 1. The molecule has 3 rings (SSSR count). The highest BCUT2D eigenvalue weighted by molar-refractivity contribution is 5.94. The van der Waals surface area contributed by atoms with Crippen LogP contribution in [0.3, 0.4) is 0 Å². The second-order valence-electron chi connectivity index (χ2n) is 5.42. The number of pyridine rings is 1. The summed E-state index contributed by atoms with van der Waals surface area (Å²) in [6.45, 7) is 8.79. The highest BCUT2D eigenvalue weighted by Gasteiger charge is 2.26. The molecule has 0 aromatic carbocycles. The summed E-state index contributed by atoms with van der Waals surface area (Å²) < 4.78 is 1.92. The zero-order chi connectivity index (χ0) is 14.8. The zero-order valence-corrected chi connectivity index (χ0v) is 12.7. The third kappa shape index (κ3) is 2.53. The molecular formula is C16H22N4O. The van der Waals surface area contributed by atoms with Crippen LogP contribution in [0.1, 0.15) is 30.0 Å². The van der Waals surface area contributed by atoms with Crippen LogP contribution < -0.4 is 0 Å². The molecule has 5 nitrogen and oxygen atoms in total. The Morgan fingerprint density at radius 3 is 2.62 bits per heavy atom. The third-order valence-electron chi connectivity index (χ3n) is 4.25. The molecular weight excluding hydrogens is 264 g/mol. The van der Waals surface area contributed by atoms with Gasteiger partial charge in [0.1, 0.15) is 11.3 Å². The van der Waals surface area contributed by atoms with Crippen LogP contribution in [0.5, 0.6) is 0 Å². The summed E-state index contributed by atoms with van der Waals surface area (Å²) in [6, 6.07) is 5.85. The van der Waals surface area contributed by atoms with Crippen molar-refractivity contribution in [1.29, 1.82) is 0 Å². The van der Waals surface area contributed by atoms with E-state index in [4.69, 9.17) is 0 Å². The van der Waals surface area contributed by atoms with E-state index in [-0.39, 0.29) is 5.91 Å². The Morgan fingerprint density at radius 1 is 1.19 bits per heavy atom. The molecule has 112 valence electrons. The van der Waals surface area contributed by atoms with Crippen molar-refractivity contribution in [1.82, 2.24) is 19.2 Å². The summed E-state index contributed by atoms with van der Waals surface area (Å²) in [7, 11) is 0. The number of hydrogen-bond donors (Lipinski definition) is 0. The van der Waals surface area contributed by atoms with Gasteiger partial charge in [0, 0.05) is 32.4 Å². The van der Waals surface area contributed by atoms with Crippen LogP contribution in [0.2, 0.25) is 0 Å². The maximum absolute atomic E-state index is 12.9. The quantitative estimate of drug-likeness (QED) is 0.862. The fourth-order valence-electron chi connectivity index (χ4n) is 2.93. The van der Waals surface area contributed by atoms with E-state index >= 15 is 0 Å². The van der Waals surface area contributed by atoms with Gasteiger partial charge >= 0.3 is 0 Å². The molecule has 0 saturated carbocycles. The lowest BCUT2D eigenvalue weighted by Gasteiger charge is -2.34. The Morgan fingerprint density at radius 2 is 1.95 bits per heavy atom. The summed E-state index contributed by atoms with van der Waals surface area (Å²) in [5.74, 6) is 0.112. The van der Waals surface area contributed by atoms with Gasteiger partial charge in [-0.15, -0.1) is 0 Å². The number of aryl methyl sites for hydroxylation is 1. The molecule has 0 aliphatic carbocycles. The fourth-order valence-corrected chi connectivity index (χ4v) is 2.93. The van der Waals surface area contributed by atoms with Crippen LogP contribution in [0.15, 0.2) is 24.4 Å². The van der Waals surface area contributed by atoms with Crippen molar-refractivity contribution >= 4 is 11.6 Å². The fraction of sp³-hybridized carbons (Fsp3) is 0.500. The largest absolute Gasteiger partial charge is 0.335 e. The molecule has 1 saturated heterocycles. The molecule has 0 N–H and O–H groups in total. The summed E-state index contributed by atoms with van der Waals surface area (Å²) in [4.78, 5) is 21.8. The van der Waals surface area contributed by atoms with Crippen molar-refractivity contribution in [2.45, 2.75) is 20.3 Å². The van der Waals surface area contributed by atoms with Crippen molar-refractivity contribution in [3.8, 4) is 0 Å². The number of aromatic nitrogens is 2. The van der Waals surface area contributed by atoms with Gasteiger partial charge in [-0.05, 0) is 25.1 Å². The standard InChI is InChI=1S/C16H22N4O/c1-3-13-15(20-8-6-5-7-14(20)17-13)16(21)19-11-9-18(4-2)10-12-19/h5-8H,3-4,9-12H2,1-2H3. The number of nitrogens with zero attached hydrogens (tertiary/aromatic N) is 4. The third-order valence-corrected chi connectivity index (χ3v) is 4.25. The minimum atomic E-state index is 0.112. The van der Waals surface area contributed by atoms with E-state index in [0.717, 1.165) is 56.2 Å². The number of rotatable bonds is 3. The molecule has 1 amide bonds. The van der Waals surface area contributed by atoms with E-state index in [0.29, 0.717) is 0 Å². The van der Waals surface area contributed by atoms with Gasteiger partial charge in [-0.25, -0.2) is 4.98 Å². The molecule has 0 bridgehead atoms. The number of likely N-dealkylation sites (N-methyl/N-ethyl adjacent to an activating group) is 1. The van der Waals surface area contributed by atoms with Gasteiger partial charge in [-0.3, -0.25) is 9.20 Å². The van der Waals surface area contributed by atoms with Crippen LogP contribution >= 0.6 is 0 Å². The van der Waals surface area contributed by atoms with Gasteiger partial charge in [0.2, 0.25) is 0 Å². The molecule has 1 aliphatic rings. The lowest BCUT2D eigenvalue weighted by atomic mass is 10.2. The highest BCUT2D eigenvalue weighted by Crippen LogP contribution is 2.16. The van der Waals surface area contributed by atoms with Gasteiger partial charge in [0.05, 0.1) is 5.69 Å². The Kier molecular flexibility index (Phi) is 3.92. The number of carbonyl (C=O) groups excluding carboxylic acids is 1. The average molecular weight is 286 g/mol. The molecule has 0 atom stereocenters. The molecule has 21 heavy (non-hydrogen) atoms. The lowest BCUT2D eigenvalue weighted by molar-refractivity contribution is 0.0635. The number of carbonyl (C=O) groups is 1. The van der Waals surface area contributed by atoms with Crippen LogP contribution in [0.4, 0.5) is 0 Å². The molecule has 3 heterocycles. The van der Waals surface area contributed by atoms with E-state index in [1.54, 1.807) is 0 Å². The second kappa shape index (κ2) is 5.85. The molecule has 0 radical (unpaired) electrons. The Hall–Kier alpha value is -1.88. The van der Waals surface area contributed by atoms with E-state index in [1.807, 2.05) is 40.6 Å². The van der Waals surface area contributed by atoms with E-state index in [9.17, 15) is 4.79 Å². The first-order valence-corrected chi connectivity index (χ1v) is 7.72. The van der Waals surface area contributed by atoms with Crippen molar-refractivity contribution in [3.05, 3.63) is 35.8 Å². The molecule has 0 unspecified atom stereocenters. The van der Waals surface area contributed by atoms with Crippen LogP contribution in [0.25, 0.3) is 5.65 Å². The molecule has 1 fully saturated rings. The van der Waals surface area contributed by atoms with Gasteiger partial charge in [0.15, 0.2) is 0 Å². The average Bonchev–Trinajstić information content (AvgIpc) is 2.92. The lowest BCUT2D eigenvalue weighted by Crippen LogP contribution is -2.48. The minimum Gasteiger partial charge on any atom is -0.335 e. The van der Waals surface area contributed by atoms with Crippen molar-refractivity contribution in [2.24, 2.45) is 0 Å². The minimum absolute atomic E-state index is 0.112. The first kappa shape index (κ1) is 14.1. The molecule has 0 spiro atoms. The second-order valence-corrected chi connectivity index (χ2v) is 5.42. The van der Waals surface area contributed by atoms with Crippen LogP contribution in [-0.2, 0) is 6.42 Å². The van der Waals surface area contributed by atoms with Crippen LogP contribution in [-0.4, -0.2) is 57.8 Å². The number of hydrogen-bond acceptors (Lipinski definition) is 3. The number of imidazole rings is 1. The smallest absolute Gasteiger partial charge is 0.272 e. The van der Waals surface area contributed by atoms with Gasteiger partial charge in [0.25, 0.3) is 5.91 Å². The van der Waals surface area contributed by atoms with Crippen molar-refractivity contribution in [3.63, 3.8) is 0 Å². The number of amides is 1. The van der Waals surface area contributed by atoms with Gasteiger partial charge in [-0.2, -0.15) is 0 Å². The van der Waals surface area contributed by atoms with Crippen molar-refractivity contribution in [2.75, 3.05) is 32.7 Å². The van der Waals surface area contributed by atoms with Crippen molar-refractivity contribution < 1.29 is 4.79 Å². The van der Waals surface area contributed by atoms with E-state index < -0.39 is 0 Å². The predicted octanol–water partition coefficient (Wildman–Crippen LogP) is 1.67. The first-order chi connectivity index (χ1) is 10.2. The normalized spacial score (nSPS) is 16.6. The monoisotopic (exact) mass is 286 g/mol. The molecule has 2 aromatic heterocycles. The summed E-state index contributed by atoms with van der Waals surface area (Å²) in [5, 5.41) is 0. The van der Waals surface area contributed by atoms with Gasteiger partial charge < -0.3 is 9.80 Å². The number of fused-ring (bicyclic) bond motifs is 1. The van der Waals surface area contributed by atoms with Gasteiger partial charge in [-0.1, -0.05) is 19.9 Å². The molecule has 1 aliphatic heterocycles. The Labute approximate surface area is 125 Å². The van der Waals surface area contributed by atoms with Crippen LogP contribution in [0, 0.1) is 0 Å². The summed E-state index contributed by atoms with van der Waals surface area (Å²) in [6.07, 6.45) is 2.70. The Bertz CT molecular complexity index is 641. The maximum atomic E-state index is 12.9. The summed E-state index contributed by atoms with van der Waals surface area (Å²) >= 11 is 0. The maximum Gasteiger partial charge on any atom is 0.272 e. The van der Waals surface area contributed by atoms with E-state index in [2.05, 4.69) is 16.8 Å². The predicted molar refractivity (Wildman–Crippen MR) is 82.6 cm³/mol. The zero-order valence-electron chi connectivity index (χ0n) is 12.7. The highest BCUT2D eigenvalue weighted by atomic mass is 16.2. The Balaban J connectivity index is 1.91. The molecule has 2 aromatic rings. The summed E-state index contributed by atoms with van der Waals surface area (Å²) in [5.41, 5.74) is 2.48. The SMILES string of the molecule is CCc1nc2ccccn2c1C(=O)N1CCN(CC)CC1. The topological polar surface area (TPSA) is 40.9 Å².